The van der Waals surface area contributed by atoms with Crippen LogP contribution in [0.3, 0.4) is 0 Å². The van der Waals surface area contributed by atoms with Crippen molar-refractivity contribution in [2.24, 2.45) is 5.73 Å². The van der Waals surface area contributed by atoms with E-state index in [1.165, 1.54) is 0 Å². The van der Waals surface area contributed by atoms with Crippen molar-refractivity contribution in [1.29, 1.82) is 0 Å². The molecule has 0 aliphatic heterocycles. The number of benzene rings is 1. The van der Waals surface area contributed by atoms with E-state index in [0.29, 0.717) is 6.54 Å². The van der Waals surface area contributed by atoms with Gasteiger partial charge in [0.05, 0.1) is 5.69 Å². The fraction of sp³-hybridized carbons (Fsp3) is 0.182. The molecule has 0 saturated carbocycles. The summed E-state index contributed by atoms with van der Waals surface area (Å²) in [5, 5.41) is 11.4. The van der Waals surface area contributed by atoms with Crippen LogP contribution < -0.4 is 5.73 Å². The zero-order chi connectivity index (χ0) is 10.1. The Morgan fingerprint density at radius 3 is 2.86 bits per heavy atom. The molecule has 0 amide bonds. The lowest BCUT2D eigenvalue weighted by molar-refractivity contribution is 0.481. The fourth-order valence-electron chi connectivity index (χ4n) is 1.63. The zero-order valence-electron chi connectivity index (χ0n) is 7.99. The number of phenols is 1. The lowest BCUT2D eigenvalue weighted by Gasteiger charge is -2.06. The van der Waals surface area contributed by atoms with Crippen LogP contribution in [0.4, 0.5) is 0 Å². The zero-order valence-corrected chi connectivity index (χ0v) is 7.99. The van der Waals surface area contributed by atoms with Gasteiger partial charge in [-0.25, -0.2) is 0 Å². The molecule has 2 aromatic rings. The molecule has 3 heteroatoms. The average molecular weight is 188 g/mol. The minimum Gasteiger partial charge on any atom is -0.507 e. The van der Waals surface area contributed by atoms with Crippen LogP contribution in [0.1, 0.15) is 11.4 Å². The molecule has 2 rings (SSSR count). The Bertz CT molecular complexity index is 480. The molecule has 1 heterocycles. The number of fused-ring (bicyclic) bond motifs is 1. The van der Waals surface area contributed by atoms with E-state index in [-0.39, 0.29) is 5.75 Å². The maximum Gasteiger partial charge on any atom is 0.123 e. The first-order valence-electron chi connectivity index (χ1n) is 4.50. The molecule has 14 heavy (non-hydrogen) atoms. The van der Waals surface area contributed by atoms with Crippen molar-refractivity contribution in [2.45, 2.75) is 13.5 Å². The summed E-state index contributed by atoms with van der Waals surface area (Å²) >= 11 is 0. The molecule has 0 spiro atoms. The van der Waals surface area contributed by atoms with Crippen LogP contribution in [0.15, 0.2) is 24.3 Å². The van der Waals surface area contributed by atoms with Gasteiger partial charge in [-0.05, 0) is 19.1 Å². The highest BCUT2D eigenvalue weighted by atomic mass is 16.3. The second kappa shape index (κ2) is 3.27. The number of aromatic nitrogens is 1. The third kappa shape index (κ3) is 1.32. The third-order valence-electron chi connectivity index (χ3n) is 2.25. The van der Waals surface area contributed by atoms with Gasteiger partial charge in [-0.2, -0.15) is 0 Å². The summed E-state index contributed by atoms with van der Waals surface area (Å²) in [7, 11) is 0. The van der Waals surface area contributed by atoms with Crippen molar-refractivity contribution in [1.82, 2.24) is 4.98 Å². The summed E-state index contributed by atoms with van der Waals surface area (Å²) in [4.78, 5) is 4.32. The third-order valence-corrected chi connectivity index (χ3v) is 2.25. The summed E-state index contributed by atoms with van der Waals surface area (Å²) in [6.07, 6.45) is 0. The number of aryl methyl sites for hydroxylation is 1. The molecule has 0 bridgehead atoms. The van der Waals surface area contributed by atoms with E-state index in [1.807, 2.05) is 19.1 Å². The van der Waals surface area contributed by atoms with E-state index in [9.17, 15) is 5.11 Å². The van der Waals surface area contributed by atoms with Crippen molar-refractivity contribution in [3.63, 3.8) is 0 Å². The Kier molecular flexibility index (Phi) is 2.09. The lowest BCUT2D eigenvalue weighted by Crippen LogP contribution is -2.01. The van der Waals surface area contributed by atoms with Gasteiger partial charge in [0.1, 0.15) is 5.75 Å². The number of phenolic OH excluding ortho intramolecular Hbond substituents is 1. The van der Waals surface area contributed by atoms with E-state index in [2.05, 4.69) is 4.98 Å². The van der Waals surface area contributed by atoms with E-state index >= 15 is 0 Å². The second-order valence-corrected chi connectivity index (χ2v) is 3.29. The van der Waals surface area contributed by atoms with Gasteiger partial charge in [0.15, 0.2) is 0 Å². The van der Waals surface area contributed by atoms with Crippen LogP contribution in [0, 0.1) is 6.92 Å². The maximum atomic E-state index is 9.65. The van der Waals surface area contributed by atoms with Crippen LogP contribution in [-0.2, 0) is 6.54 Å². The van der Waals surface area contributed by atoms with Crippen molar-refractivity contribution >= 4 is 10.8 Å². The first-order valence-corrected chi connectivity index (χ1v) is 4.50. The number of nitrogens with two attached hydrogens (primary N) is 1. The summed E-state index contributed by atoms with van der Waals surface area (Å²) in [5.41, 5.74) is 7.29. The monoisotopic (exact) mass is 188 g/mol. The van der Waals surface area contributed by atoms with Gasteiger partial charge in [-0.3, -0.25) is 4.98 Å². The van der Waals surface area contributed by atoms with Gasteiger partial charge >= 0.3 is 0 Å². The van der Waals surface area contributed by atoms with E-state index < -0.39 is 0 Å². The standard InChI is InChI=1S/C11H12N2O/c1-7-5-9-8(10(6-12)13-7)3-2-4-11(9)14/h2-5,14H,6,12H2,1H3. The number of pyridine rings is 1. The first kappa shape index (κ1) is 8.97. The molecule has 0 fully saturated rings. The van der Waals surface area contributed by atoms with Gasteiger partial charge in [0.2, 0.25) is 0 Å². The van der Waals surface area contributed by atoms with E-state index in [0.717, 1.165) is 22.2 Å². The molecule has 0 saturated heterocycles. The SMILES string of the molecule is Cc1cc2c(O)cccc2c(CN)n1. The largest absolute Gasteiger partial charge is 0.507 e. The fourth-order valence-corrected chi connectivity index (χ4v) is 1.63. The van der Waals surface area contributed by atoms with Crippen LogP contribution in [-0.4, -0.2) is 10.1 Å². The minimum atomic E-state index is 0.280. The smallest absolute Gasteiger partial charge is 0.123 e. The Morgan fingerprint density at radius 1 is 1.36 bits per heavy atom. The summed E-state index contributed by atoms with van der Waals surface area (Å²) in [6.45, 7) is 2.28. The second-order valence-electron chi connectivity index (χ2n) is 3.29. The minimum absolute atomic E-state index is 0.280. The van der Waals surface area contributed by atoms with Crippen molar-refractivity contribution in [3.8, 4) is 5.75 Å². The number of hydrogen-bond acceptors (Lipinski definition) is 3. The van der Waals surface area contributed by atoms with Crippen molar-refractivity contribution in [2.75, 3.05) is 0 Å². The van der Waals surface area contributed by atoms with Crippen LogP contribution >= 0.6 is 0 Å². The topological polar surface area (TPSA) is 59.1 Å². The van der Waals surface area contributed by atoms with Crippen molar-refractivity contribution in [3.05, 3.63) is 35.7 Å². The lowest BCUT2D eigenvalue weighted by atomic mass is 10.1. The van der Waals surface area contributed by atoms with E-state index in [1.54, 1.807) is 12.1 Å². The Labute approximate surface area is 82.2 Å². The number of hydrogen-bond donors (Lipinski definition) is 2. The maximum absolute atomic E-state index is 9.65. The quantitative estimate of drug-likeness (QED) is 0.716. The molecule has 0 aliphatic carbocycles. The molecule has 0 radical (unpaired) electrons. The number of aromatic hydroxyl groups is 1. The average Bonchev–Trinajstić information content (AvgIpc) is 2.18. The highest BCUT2D eigenvalue weighted by molar-refractivity contribution is 5.90. The predicted octanol–water partition coefficient (Wildman–Crippen LogP) is 1.71. The molecule has 0 aliphatic rings. The Morgan fingerprint density at radius 2 is 2.14 bits per heavy atom. The van der Waals surface area contributed by atoms with Crippen LogP contribution in [0.25, 0.3) is 10.8 Å². The Hall–Kier alpha value is -1.61. The molecule has 72 valence electrons. The molecular formula is C11H12N2O. The van der Waals surface area contributed by atoms with Gasteiger partial charge in [0, 0.05) is 23.0 Å². The molecule has 0 atom stereocenters. The first-order chi connectivity index (χ1) is 6.72. The molecule has 3 nitrogen and oxygen atoms in total. The molecule has 0 unspecified atom stereocenters. The molecule has 3 N–H and O–H groups in total. The van der Waals surface area contributed by atoms with Crippen LogP contribution in [0.2, 0.25) is 0 Å². The Balaban J connectivity index is 2.87. The highest BCUT2D eigenvalue weighted by Gasteiger charge is 2.05. The van der Waals surface area contributed by atoms with E-state index in [4.69, 9.17) is 5.73 Å². The highest BCUT2D eigenvalue weighted by Crippen LogP contribution is 2.26. The summed E-state index contributed by atoms with van der Waals surface area (Å²) in [6, 6.07) is 7.25. The van der Waals surface area contributed by atoms with Crippen LogP contribution in [0.5, 0.6) is 5.75 Å². The summed E-state index contributed by atoms with van der Waals surface area (Å²) in [5.74, 6) is 0.280. The van der Waals surface area contributed by atoms with Gasteiger partial charge < -0.3 is 10.8 Å². The van der Waals surface area contributed by atoms with Gasteiger partial charge in [0.25, 0.3) is 0 Å². The van der Waals surface area contributed by atoms with Gasteiger partial charge in [-0.15, -0.1) is 0 Å². The number of nitrogens with zero attached hydrogens (tertiary/aromatic N) is 1. The molecule has 1 aromatic heterocycles. The molecular weight excluding hydrogens is 176 g/mol. The van der Waals surface area contributed by atoms with Crippen molar-refractivity contribution < 1.29 is 5.11 Å². The summed E-state index contributed by atoms with van der Waals surface area (Å²) < 4.78 is 0. The predicted molar refractivity (Wildman–Crippen MR) is 56.0 cm³/mol. The normalized spacial score (nSPS) is 10.7. The number of rotatable bonds is 1. The van der Waals surface area contributed by atoms with Gasteiger partial charge in [-0.1, -0.05) is 12.1 Å². The molecule has 1 aromatic carbocycles.